The van der Waals surface area contributed by atoms with E-state index in [1.807, 2.05) is 43.0 Å². The number of morpholine rings is 1. The molecule has 0 radical (unpaired) electrons. The van der Waals surface area contributed by atoms with E-state index < -0.39 is 5.97 Å². The maximum absolute atomic E-state index is 13.5. The molecule has 1 fully saturated rings. The fourth-order valence-electron chi connectivity index (χ4n) is 3.75. The first kappa shape index (κ1) is 24.0. The molecule has 0 aromatic heterocycles. The summed E-state index contributed by atoms with van der Waals surface area (Å²) in [5.74, 6) is -1.14. The summed E-state index contributed by atoms with van der Waals surface area (Å²) in [6.07, 6.45) is 1.74. The zero-order chi connectivity index (χ0) is 24.1. The number of hydrogen-bond acceptors (Lipinski definition) is 7. The van der Waals surface area contributed by atoms with Crippen LogP contribution in [-0.2, 0) is 19.1 Å². The zero-order valence-corrected chi connectivity index (χ0v) is 20.2. The van der Waals surface area contributed by atoms with Crippen molar-refractivity contribution in [3.8, 4) is 0 Å². The second-order valence-corrected chi connectivity index (χ2v) is 9.26. The molecule has 2 aliphatic heterocycles. The van der Waals surface area contributed by atoms with Crippen molar-refractivity contribution in [2.75, 3.05) is 37.8 Å². The summed E-state index contributed by atoms with van der Waals surface area (Å²) in [6, 6.07) is 14.3. The number of benzene rings is 2. The first-order chi connectivity index (χ1) is 16.5. The second-order valence-electron chi connectivity index (χ2n) is 8.17. The zero-order valence-electron chi connectivity index (χ0n) is 19.4. The highest BCUT2D eigenvalue weighted by molar-refractivity contribution is 8.04. The average molecular weight is 481 g/mol. The maximum atomic E-state index is 13.5. The Morgan fingerprint density at radius 2 is 1.68 bits per heavy atom. The highest BCUT2D eigenvalue weighted by atomic mass is 32.2. The van der Waals surface area contributed by atoms with Crippen molar-refractivity contribution in [2.24, 2.45) is 0 Å². The van der Waals surface area contributed by atoms with Crippen LogP contribution in [0.1, 0.15) is 35.7 Å². The van der Waals surface area contributed by atoms with Crippen LogP contribution in [0.5, 0.6) is 0 Å². The molecule has 0 spiro atoms. The number of imide groups is 1. The van der Waals surface area contributed by atoms with E-state index in [9.17, 15) is 14.4 Å². The molecule has 0 bridgehead atoms. The summed E-state index contributed by atoms with van der Waals surface area (Å²) < 4.78 is 10.7. The van der Waals surface area contributed by atoms with Crippen molar-refractivity contribution >= 4 is 35.2 Å². The molecule has 4 rings (SSSR count). The molecule has 7 nitrogen and oxygen atoms in total. The van der Waals surface area contributed by atoms with Crippen LogP contribution in [0.4, 0.5) is 5.69 Å². The molecule has 2 aromatic carbocycles. The van der Waals surface area contributed by atoms with Gasteiger partial charge in [-0.05, 0) is 49.7 Å². The van der Waals surface area contributed by atoms with Gasteiger partial charge in [-0.1, -0.05) is 42.8 Å². The number of anilines is 1. The number of hydrogen-bond donors (Lipinski definition) is 0. The van der Waals surface area contributed by atoms with Crippen molar-refractivity contribution in [3.63, 3.8) is 0 Å². The lowest BCUT2D eigenvalue weighted by Gasteiger charge is -2.29. The van der Waals surface area contributed by atoms with Crippen LogP contribution < -0.4 is 4.90 Å². The van der Waals surface area contributed by atoms with Crippen LogP contribution in [0.3, 0.4) is 0 Å². The van der Waals surface area contributed by atoms with Gasteiger partial charge in [-0.25, -0.2) is 9.69 Å². The van der Waals surface area contributed by atoms with E-state index in [0.717, 1.165) is 23.3 Å². The molecule has 2 heterocycles. The molecule has 2 aromatic rings. The van der Waals surface area contributed by atoms with Crippen LogP contribution in [0.2, 0.25) is 0 Å². The standard InChI is InChI=1S/C26H28N2O5S/c1-3-4-15-33-26(31)19-7-9-20(10-8-19)28-24(29)22(27-13-16-32-17-14-27)23(25(28)30)34-21-11-5-18(2)6-12-21/h5-12H,3-4,13-17H2,1-2H3. The van der Waals surface area contributed by atoms with Crippen molar-refractivity contribution in [2.45, 2.75) is 31.6 Å². The molecule has 0 atom stereocenters. The lowest BCUT2D eigenvalue weighted by Crippen LogP contribution is -2.40. The van der Waals surface area contributed by atoms with Gasteiger partial charge in [-0.2, -0.15) is 0 Å². The monoisotopic (exact) mass is 480 g/mol. The van der Waals surface area contributed by atoms with Crippen molar-refractivity contribution < 1.29 is 23.9 Å². The Kier molecular flexibility index (Phi) is 7.70. The number of unbranched alkanes of at least 4 members (excludes halogenated alkanes) is 1. The van der Waals surface area contributed by atoms with Gasteiger partial charge in [-0.15, -0.1) is 0 Å². The molecule has 2 amide bonds. The van der Waals surface area contributed by atoms with Crippen LogP contribution in [0.15, 0.2) is 64.0 Å². The first-order valence-electron chi connectivity index (χ1n) is 11.5. The molecule has 2 aliphatic rings. The third-order valence-corrected chi connectivity index (χ3v) is 6.76. The average Bonchev–Trinajstić information content (AvgIpc) is 3.10. The topological polar surface area (TPSA) is 76.2 Å². The second kappa shape index (κ2) is 10.9. The minimum Gasteiger partial charge on any atom is -0.462 e. The SMILES string of the molecule is CCCCOC(=O)c1ccc(N2C(=O)C(Sc3ccc(C)cc3)=C(N3CCOCC3)C2=O)cc1. The Labute approximate surface area is 203 Å². The Balaban J connectivity index is 1.60. The number of carbonyl (C=O) groups is 3. The molecule has 34 heavy (non-hydrogen) atoms. The molecule has 178 valence electrons. The number of rotatable bonds is 8. The van der Waals surface area contributed by atoms with E-state index in [1.165, 1.54) is 16.7 Å². The highest BCUT2D eigenvalue weighted by Crippen LogP contribution is 2.39. The lowest BCUT2D eigenvalue weighted by molar-refractivity contribution is -0.121. The third-order valence-electron chi connectivity index (χ3n) is 5.68. The van der Waals surface area contributed by atoms with Crippen LogP contribution in [0.25, 0.3) is 0 Å². The quantitative estimate of drug-likeness (QED) is 0.319. The maximum Gasteiger partial charge on any atom is 0.338 e. The van der Waals surface area contributed by atoms with Crippen LogP contribution in [0, 0.1) is 6.92 Å². The fourth-order valence-corrected chi connectivity index (χ4v) is 4.75. The molecule has 0 aliphatic carbocycles. The molecule has 1 saturated heterocycles. The number of aryl methyl sites for hydroxylation is 1. The molecule has 0 N–H and O–H groups in total. The highest BCUT2D eigenvalue weighted by Gasteiger charge is 2.42. The molecule has 8 heteroatoms. The van der Waals surface area contributed by atoms with E-state index in [4.69, 9.17) is 9.47 Å². The van der Waals surface area contributed by atoms with Gasteiger partial charge in [0.25, 0.3) is 11.8 Å². The summed E-state index contributed by atoms with van der Waals surface area (Å²) >= 11 is 1.30. The van der Waals surface area contributed by atoms with Gasteiger partial charge in [0.2, 0.25) is 0 Å². The number of nitrogens with zero attached hydrogens (tertiary/aromatic N) is 2. The minimum atomic E-state index is -0.415. The Morgan fingerprint density at radius 1 is 1.00 bits per heavy atom. The predicted octanol–water partition coefficient (Wildman–Crippen LogP) is 4.16. The third kappa shape index (κ3) is 5.18. The Morgan fingerprint density at radius 3 is 2.32 bits per heavy atom. The van der Waals surface area contributed by atoms with Gasteiger partial charge in [0.15, 0.2) is 0 Å². The van der Waals surface area contributed by atoms with Crippen molar-refractivity contribution in [3.05, 3.63) is 70.3 Å². The fraction of sp³-hybridized carbons (Fsp3) is 0.346. The van der Waals surface area contributed by atoms with E-state index in [-0.39, 0.29) is 11.8 Å². The summed E-state index contributed by atoms with van der Waals surface area (Å²) in [5.41, 5.74) is 2.33. The van der Waals surface area contributed by atoms with Gasteiger partial charge in [-0.3, -0.25) is 9.59 Å². The molecular formula is C26H28N2O5S. The number of amides is 2. The summed E-state index contributed by atoms with van der Waals surface area (Å²) in [6.45, 7) is 6.49. The summed E-state index contributed by atoms with van der Waals surface area (Å²) in [5, 5.41) is 0. The van der Waals surface area contributed by atoms with Gasteiger partial charge in [0, 0.05) is 18.0 Å². The molecule has 0 unspecified atom stereocenters. The van der Waals surface area contributed by atoms with E-state index in [0.29, 0.717) is 54.8 Å². The number of carbonyl (C=O) groups excluding carboxylic acids is 3. The first-order valence-corrected chi connectivity index (χ1v) is 12.3. The van der Waals surface area contributed by atoms with E-state index in [1.54, 1.807) is 24.3 Å². The molecule has 0 saturated carbocycles. The van der Waals surface area contributed by atoms with Crippen molar-refractivity contribution in [1.29, 1.82) is 0 Å². The van der Waals surface area contributed by atoms with Crippen molar-refractivity contribution in [1.82, 2.24) is 4.90 Å². The predicted molar refractivity (Wildman–Crippen MR) is 131 cm³/mol. The van der Waals surface area contributed by atoms with Gasteiger partial charge in [0.05, 0.1) is 31.1 Å². The number of ether oxygens (including phenoxy) is 2. The largest absolute Gasteiger partial charge is 0.462 e. The minimum absolute atomic E-state index is 0.361. The summed E-state index contributed by atoms with van der Waals surface area (Å²) in [4.78, 5) is 43.7. The van der Waals surface area contributed by atoms with E-state index >= 15 is 0 Å². The number of esters is 1. The Hall–Kier alpha value is -3.10. The lowest BCUT2D eigenvalue weighted by atomic mass is 10.2. The van der Waals surface area contributed by atoms with Gasteiger partial charge >= 0.3 is 5.97 Å². The Bertz CT molecular complexity index is 1090. The van der Waals surface area contributed by atoms with Crippen LogP contribution in [-0.4, -0.2) is 55.6 Å². The van der Waals surface area contributed by atoms with E-state index in [2.05, 4.69) is 0 Å². The van der Waals surface area contributed by atoms with Gasteiger partial charge < -0.3 is 14.4 Å². The smallest absolute Gasteiger partial charge is 0.338 e. The molecular weight excluding hydrogens is 452 g/mol. The van der Waals surface area contributed by atoms with Gasteiger partial charge in [0.1, 0.15) is 10.6 Å². The summed E-state index contributed by atoms with van der Waals surface area (Å²) in [7, 11) is 0. The normalized spacial score (nSPS) is 16.4. The van der Waals surface area contributed by atoms with Crippen LogP contribution >= 0.6 is 11.8 Å². The number of thioether (sulfide) groups is 1.